The maximum absolute atomic E-state index is 5.25. The Labute approximate surface area is 167 Å². The highest BCUT2D eigenvalue weighted by molar-refractivity contribution is 5.82. The van der Waals surface area contributed by atoms with Crippen molar-refractivity contribution < 1.29 is 4.52 Å². The molecule has 9 heteroatoms. The van der Waals surface area contributed by atoms with E-state index in [0.29, 0.717) is 17.7 Å². The highest BCUT2D eigenvalue weighted by Gasteiger charge is 2.12. The van der Waals surface area contributed by atoms with Crippen LogP contribution in [0.2, 0.25) is 0 Å². The molecule has 3 N–H and O–H groups in total. The first-order valence-corrected chi connectivity index (χ1v) is 9.68. The minimum Gasteiger partial charge on any atom is -0.334 e. The van der Waals surface area contributed by atoms with Crippen molar-refractivity contribution in [1.29, 1.82) is 0 Å². The van der Waals surface area contributed by atoms with E-state index in [9.17, 15) is 0 Å². The monoisotopic (exact) mass is 390 g/mol. The second-order valence-corrected chi connectivity index (χ2v) is 7.16. The van der Waals surface area contributed by atoms with Crippen LogP contribution in [0.25, 0.3) is 22.5 Å². The zero-order chi connectivity index (χ0) is 19.6. The van der Waals surface area contributed by atoms with Gasteiger partial charge >= 0.3 is 0 Å². The van der Waals surface area contributed by atoms with Gasteiger partial charge in [0.1, 0.15) is 5.82 Å². The van der Waals surface area contributed by atoms with E-state index in [2.05, 4.69) is 52.8 Å². The van der Waals surface area contributed by atoms with Crippen LogP contribution in [0.15, 0.2) is 41.1 Å². The fourth-order valence-electron chi connectivity index (χ4n) is 3.51. The number of aromatic amines is 1. The first-order valence-electron chi connectivity index (χ1n) is 9.68. The Morgan fingerprint density at radius 1 is 1.14 bits per heavy atom. The van der Waals surface area contributed by atoms with Crippen LogP contribution in [0, 0.1) is 6.92 Å². The van der Waals surface area contributed by atoms with Crippen molar-refractivity contribution in [1.82, 2.24) is 35.3 Å². The average molecular weight is 390 g/mol. The molecule has 1 aliphatic rings. The van der Waals surface area contributed by atoms with Crippen LogP contribution < -0.4 is 10.6 Å². The quantitative estimate of drug-likeness (QED) is 0.477. The van der Waals surface area contributed by atoms with Crippen molar-refractivity contribution in [2.24, 2.45) is 0 Å². The molecule has 0 radical (unpaired) electrons. The SMILES string of the molecule is Cc1noc(-c2ccc3nc(Nc4cc(CN5CCNCC5)ccn4)[nH]c3c2)n1. The van der Waals surface area contributed by atoms with Crippen molar-refractivity contribution in [3.05, 3.63) is 47.9 Å². The smallest absolute Gasteiger partial charge is 0.257 e. The summed E-state index contributed by atoms with van der Waals surface area (Å²) in [6, 6.07) is 9.94. The number of imidazole rings is 1. The van der Waals surface area contributed by atoms with Crippen molar-refractivity contribution in [2.45, 2.75) is 13.5 Å². The summed E-state index contributed by atoms with van der Waals surface area (Å²) in [6.45, 7) is 6.94. The zero-order valence-electron chi connectivity index (χ0n) is 16.1. The number of nitrogens with zero attached hydrogens (tertiary/aromatic N) is 5. The lowest BCUT2D eigenvalue weighted by molar-refractivity contribution is 0.233. The van der Waals surface area contributed by atoms with Gasteiger partial charge in [-0.1, -0.05) is 5.16 Å². The highest BCUT2D eigenvalue weighted by Crippen LogP contribution is 2.24. The number of pyridine rings is 1. The van der Waals surface area contributed by atoms with E-state index in [4.69, 9.17) is 4.52 Å². The maximum atomic E-state index is 5.25. The van der Waals surface area contributed by atoms with E-state index in [1.807, 2.05) is 24.4 Å². The molecule has 1 fully saturated rings. The number of nitrogens with one attached hydrogen (secondary N) is 3. The van der Waals surface area contributed by atoms with Gasteiger partial charge in [-0.3, -0.25) is 4.90 Å². The number of anilines is 2. The molecule has 0 saturated carbocycles. The second kappa shape index (κ2) is 7.61. The summed E-state index contributed by atoms with van der Waals surface area (Å²) in [5, 5.41) is 10.5. The maximum Gasteiger partial charge on any atom is 0.257 e. The van der Waals surface area contributed by atoms with Gasteiger partial charge in [-0.15, -0.1) is 0 Å². The predicted octanol–water partition coefficient (Wildman–Crippen LogP) is 2.47. The predicted molar refractivity (Wildman–Crippen MR) is 110 cm³/mol. The van der Waals surface area contributed by atoms with E-state index in [0.717, 1.165) is 55.1 Å². The number of rotatable bonds is 5. The fourth-order valence-corrected chi connectivity index (χ4v) is 3.51. The molecular weight excluding hydrogens is 368 g/mol. The van der Waals surface area contributed by atoms with Crippen LogP contribution in [0.3, 0.4) is 0 Å². The van der Waals surface area contributed by atoms with Gasteiger partial charge in [0.25, 0.3) is 5.89 Å². The summed E-state index contributed by atoms with van der Waals surface area (Å²) in [5.74, 6) is 2.52. The van der Waals surface area contributed by atoms with Gasteiger partial charge in [0.15, 0.2) is 5.82 Å². The normalized spacial score (nSPS) is 15.1. The Bertz CT molecular complexity index is 1130. The standard InChI is InChI=1S/C20H22N8O/c1-13-23-19(29-27-13)15-2-3-16-17(11-15)25-20(24-16)26-18-10-14(4-5-22-18)12-28-8-6-21-7-9-28/h2-5,10-11,21H,6-9,12H2,1H3,(H2,22,24,25,26). The molecule has 0 atom stereocenters. The molecule has 0 bridgehead atoms. The summed E-state index contributed by atoms with van der Waals surface area (Å²) in [7, 11) is 0. The molecule has 9 nitrogen and oxygen atoms in total. The molecule has 0 amide bonds. The number of hydrogen-bond acceptors (Lipinski definition) is 8. The van der Waals surface area contributed by atoms with Crippen LogP contribution in [-0.4, -0.2) is 56.2 Å². The molecule has 4 heterocycles. The third kappa shape index (κ3) is 3.96. The molecule has 1 aliphatic heterocycles. The van der Waals surface area contributed by atoms with Crippen LogP contribution in [0.5, 0.6) is 0 Å². The van der Waals surface area contributed by atoms with Crippen molar-refractivity contribution in [3.8, 4) is 11.5 Å². The van der Waals surface area contributed by atoms with E-state index in [1.165, 1.54) is 5.56 Å². The minimum absolute atomic E-state index is 0.496. The van der Waals surface area contributed by atoms with Crippen molar-refractivity contribution in [2.75, 3.05) is 31.5 Å². The largest absolute Gasteiger partial charge is 0.334 e. The van der Waals surface area contributed by atoms with Gasteiger partial charge in [0.05, 0.1) is 11.0 Å². The summed E-state index contributed by atoms with van der Waals surface area (Å²) < 4.78 is 5.25. The Hall–Kier alpha value is -3.30. The zero-order valence-corrected chi connectivity index (χ0v) is 16.1. The lowest BCUT2D eigenvalue weighted by atomic mass is 10.2. The number of fused-ring (bicyclic) bond motifs is 1. The number of benzene rings is 1. The third-order valence-electron chi connectivity index (χ3n) is 4.94. The molecule has 1 saturated heterocycles. The van der Waals surface area contributed by atoms with Crippen molar-refractivity contribution >= 4 is 22.8 Å². The van der Waals surface area contributed by atoms with E-state index >= 15 is 0 Å². The van der Waals surface area contributed by atoms with Gasteiger partial charge < -0.3 is 20.1 Å². The number of piperazine rings is 1. The Morgan fingerprint density at radius 3 is 2.86 bits per heavy atom. The van der Waals surface area contributed by atoms with E-state index in [1.54, 1.807) is 6.92 Å². The fraction of sp³-hybridized carbons (Fsp3) is 0.300. The summed E-state index contributed by atoms with van der Waals surface area (Å²) in [6.07, 6.45) is 1.83. The molecule has 29 heavy (non-hydrogen) atoms. The number of aromatic nitrogens is 5. The van der Waals surface area contributed by atoms with Gasteiger partial charge in [-0.05, 0) is 42.8 Å². The van der Waals surface area contributed by atoms with Gasteiger partial charge in [0, 0.05) is 44.5 Å². The van der Waals surface area contributed by atoms with Gasteiger partial charge in [0.2, 0.25) is 5.95 Å². The lowest BCUT2D eigenvalue weighted by Crippen LogP contribution is -2.42. The Morgan fingerprint density at radius 2 is 2.03 bits per heavy atom. The van der Waals surface area contributed by atoms with Crippen LogP contribution in [0.4, 0.5) is 11.8 Å². The van der Waals surface area contributed by atoms with Crippen LogP contribution in [0.1, 0.15) is 11.4 Å². The molecule has 0 spiro atoms. The molecule has 0 unspecified atom stereocenters. The molecular formula is C20H22N8O. The number of H-pyrrole nitrogens is 1. The molecule has 5 rings (SSSR count). The Kier molecular flexibility index (Phi) is 4.66. The molecule has 1 aromatic carbocycles. The minimum atomic E-state index is 0.496. The summed E-state index contributed by atoms with van der Waals surface area (Å²) >= 11 is 0. The van der Waals surface area contributed by atoms with Gasteiger partial charge in [-0.25, -0.2) is 9.97 Å². The van der Waals surface area contributed by atoms with E-state index < -0.39 is 0 Å². The van der Waals surface area contributed by atoms with Crippen LogP contribution >= 0.6 is 0 Å². The molecule has 0 aliphatic carbocycles. The van der Waals surface area contributed by atoms with Gasteiger partial charge in [-0.2, -0.15) is 4.98 Å². The topological polar surface area (TPSA) is 108 Å². The second-order valence-electron chi connectivity index (χ2n) is 7.16. The molecule has 148 valence electrons. The average Bonchev–Trinajstić information content (AvgIpc) is 3.34. The first kappa shape index (κ1) is 17.8. The Balaban J connectivity index is 1.34. The highest BCUT2D eigenvalue weighted by atomic mass is 16.5. The molecule has 4 aromatic rings. The number of hydrogen-bond donors (Lipinski definition) is 3. The lowest BCUT2D eigenvalue weighted by Gasteiger charge is -2.27. The third-order valence-corrected chi connectivity index (χ3v) is 4.94. The first-order chi connectivity index (χ1) is 14.2. The summed E-state index contributed by atoms with van der Waals surface area (Å²) in [5.41, 5.74) is 3.82. The number of aryl methyl sites for hydroxylation is 1. The van der Waals surface area contributed by atoms with Crippen LogP contribution in [-0.2, 0) is 6.54 Å². The molecule has 3 aromatic heterocycles. The van der Waals surface area contributed by atoms with E-state index in [-0.39, 0.29) is 0 Å². The summed E-state index contributed by atoms with van der Waals surface area (Å²) in [4.78, 5) is 19.0. The van der Waals surface area contributed by atoms with Crippen molar-refractivity contribution in [3.63, 3.8) is 0 Å².